The smallest absolute Gasteiger partial charge is 0.165 e. The second kappa shape index (κ2) is 5.28. The summed E-state index contributed by atoms with van der Waals surface area (Å²) in [7, 11) is 1.43. The number of hydrogen-bond donors (Lipinski definition) is 1. The first-order valence-electron chi connectivity index (χ1n) is 6.44. The van der Waals surface area contributed by atoms with Crippen LogP contribution in [-0.2, 0) is 0 Å². The summed E-state index contributed by atoms with van der Waals surface area (Å²) in [6.45, 7) is 0. The van der Waals surface area contributed by atoms with Gasteiger partial charge < -0.3 is 10.5 Å². The van der Waals surface area contributed by atoms with Gasteiger partial charge in [-0.05, 0) is 30.3 Å². The summed E-state index contributed by atoms with van der Waals surface area (Å²) in [5, 5.41) is 4.47. The number of rotatable bonds is 3. The molecular weight excluding hydrogens is 269 g/mol. The average Bonchev–Trinajstić information content (AvgIpc) is 2.90. The van der Waals surface area contributed by atoms with Crippen LogP contribution < -0.4 is 10.5 Å². The number of anilines is 1. The molecule has 3 aromatic rings. The average molecular weight is 283 g/mol. The molecule has 0 amide bonds. The van der Waals surface area contributed by atoms with E-state index in [1.165, 1.54) is 13.2 Å². The molecule has 0 saturated carbocycles. The first-order valence-corrected chi connectivity index (χ1v) is 6.44. The van der Waals surface area contributed by atoms with Gasteiger partial charge in [0.15, 0.2) is 11.6 Å². The lowest BCUT2D eigenvalue weighted by atomic mass is 10.1. The van der Waals surface area contributed by atoms with E-state index in [-0.39, 0.29) is 5.75 Å². The fourth-order valence-electron chi connectivity index (χ4n) is 2.13. The Hall–Kier alpha value is -2.82. The zero-order valence-corrected chi connectivity index (χ0v) is 11.5. The number of nitrogens with zero attached hydrogens (tertiary/aromatic N) is 2. The van der Waals surface area contributed by atoms with Crippen LogP contribution in [0.3, 0.4) is 0 Å². The van der Waals surface area contributed by atoms with Gasteiger partial charge in [0, 0.05) is 11.6 Å². The normalized spacial score (nSPS) is 10.6. The fourth-order valence-corrected chi connectivity index (χ4v) is 2.13. The van der Waals surface area contributed by atoms with Crippen molar-refractivity contribution in [2.45, 2.75) is 0 Å². The van der Waals surface area contributed by atoms with Crippen LogP contribution in [0.25, 0.3) is 16.9 Å². The van der Waals surface area contributed by atoms with Gasteiger partial charge in [0.05, 0.1) is 18.5 Å². The zero-order valence-electron chi connectivity index (χ0n) is 11.5. The molecule has 0 aliphatic heterocycles. The summed E-state index contributed by atoms with van der Waals surface area (Å²) >= 11 is 0. The van der Waals surface area contributed by atoms with E-state index in [0.717, 1.165) is 11.3 Å². The minimum absolute atomic E-state index is 0.181. The van der Waals surface area contributed by atoms with Gasteiger partial charge in [-0.15, -0.1) is 0 Å². The monoisotopic (exact) mass is 283 g/mol. The van der Waals surface area contributed by atoms with E-state index >= 15 is 0 Å². The van der Waals surface area contributed by atoms with Crippen LogP contribution in [0, 0.1) is 5.82 Å². The lowest BCUT2D eigenvalue weighted by Crippen LogP contribution is -2.01. The molecule has 0 radical (unpaired) electrons. The third-order valence-corrected chi connectivity index (χ3v) is 3.18. The SMILES string of the molecule is COc1cc(-c2cc(N)n(-c3ccccc3)n2)ccc1F. The Bertz CT molecular complexity index is 768. The Morgan fingerprint density at radius 2 is 1.86 bits per heavy atom. The predicted octanol–water partition coefficient (Wildman–Crippen LogP) is 3.27. The van der Waals surface area contributed by atoms with Crippen LogP contribution in [0.5, 0.6) is 5.75 Å². The highest BCUT2D eigenvalue weighted by Gasteiger charge is 2.11. The van der Waals surface area contributed by atoms with Gasteiger partial charge in [-0.25, -0.2) is 9.07 Å². The van der Waals surface area contributed by atoms with Gasteiger partial charge in [-0.2, -0.15) is 5.10 Å². The zero-order chi connectivity index (χ0) is 14.8. The van der Waals surface area contributed by atoms with Crippen molar-refractivity contribution in [2.24, 2.45) is 0 Å². The van der Waals surface area contributed by atoms with Crippen LogP contribution >= 0.6 is 0 Å². The first-order chi connectivity index (χ1) is 10.2. The second-order valence-corrected chi connectivity index (χ2v) is 4.55. The number of benzene rings is 2. The third kappa shape index (κ3) is 2.45. The summed E-state index contributed by atoms with van der Waals surface area (Å²) in [5.74, 6) is 0.288. The Morgan fingerprint density at radius 3 is 2.57 bits per heavy atom. The van der Waals surface area contributed by atoms with Crippen LogP contribution in [0.1, 0.15) is 0 Å². The molecule has 0 spiro atoms. The quantitative estimate of drug-likeness (QED) is 0.802. The molecule has 21 heavy (non-hydrogen) atoms. The van der Waals surface area contributed by atoms with Crippen molar-refractivity contribution in [3.05, 3.63) is 60.4 Å². The van der Waals surface area contributed by atoms with E-state index in [4.69, 9.17) is 10.5 Å². The molecule has 0 aliphatic rings. The van der Waals surface area contributed by atoms with Gasteiger partial charge in [0.25, 0.3) is 0 Å². The molecule has 106 valence electrons. The van der Waals surface area contributed by atoms with Gasteiger partial charge in [0.2, 0.25) is 0 Å². The lowest BCUT2D eigenvalue weighted by molar-refractivity contribution is 0.387. The number of methoxy groups -OCH3 is 1. The van der Waals surface area contributed by atoms with Crippen molar-refractivity contribution in [1.29, 1.82) is 0 Å². The molecule has 4 nitrogen and oxygen atoms in total. The summed E-state index contributed by atoms with van der Waals surface area (Å²) < 4.78 is 20.1. The summed E-state index contributed by atoms with van der Waals surface area (Å²) in [6, 6.07) is 15.9. The van der Waals surface area contributed by atoms with Crippen LogP contribution in [0.4, 0.5) is 10.2 Å². The van der Waals surface area contributed by atoms with Gasteiger partial charge in [-0.1, -0.05) is 18.2 Å². The van der Waals surface area contributed by atoms with Crippen molar-refractivity contribution in [1.82, 2.24) is 9.78 Å². The molecule has 2 N–H and O–H groups in total. The number of ether oxygens (including phenoxy) is 1. The molecule has 0 unspecified atom stereocenters. The second-order valence-electron chi connectivity index (χ2n) is 4.55. The maximum atomic E-state index is 13.5. The fraction of sp³-hybridized carbons (Fsp3) is 0.0625. The lowest BCUT2D eigenvalue weighted by Gasteiger charge is -2.04. The Labute approximate surface area is 121 Å². The maximum Gasteiger partial charge on any atom is 0.165 e. The molecule has 1 heterocycles. The van der Waals surface area contributed by atoms with Crippen molar-refractivity contribution in [3.63, 3.8) is 0 Å². The van der Waals surface area contributed by atoms with Gasteiger partial charge in [0.1, 0.15) is 5.82 Å². The van der Waals surface area contributed by atoms with Crippen LogP contribution in [-0.4, -0.2) is 16.9 Å². The Kier molecular flexibility index (Phi) is 3.31. The third-order valence-electron chi connectivity index (χ3n) is 3.18. The first kappa shape index (κ1) is 13.2. The van der Waals surface area contributed by atoms with E-state index < -0.39 is 5.82 Å². The van der Waals surface area contributed by atoms with Gasteiger partial charge in [-0.3, -0.25) is 0 Å². The molecule has 0 fully saturated rings. The van der Waals surface area contributed by atoms with Crippen molar-refractivity contribution in [3.8, 4) is 22.7 Å². The van der Waals surface area contributed by atoms with Crippen LogP contribution in [0.15, 0.2) is 54.6 Å². The van der Waals surface area contributed by atoms with E-state index in [2.05, 4.69) is 5.10 Å². The van der Waals surface area contributed by atoms with Crippen LogP contribution in [0.2, 0.25) is 0 Å². The topological polar surface area (TPSA) is 53.1 Å². The van der Waals surface area contributed by atoms with Crippen molar-refractivity contribution in [2.75, 3.05) is 12.8 Å². The largest absolute Gasteiger partial charge is 0.494 e. The number of nitrogen functional groups attached to an aromatic ring is 1. The highest BCUT2D eigenvalue weighted by molar-refractivity contribution is 5.65. The summed E-state index contributed by atoms with van der Waals surface area (Å²) in [6.07, 6.45) is 0. The Balaban J connectivity index is 2.05. The van der Waals surface area contributed by atoms with E-state index in [9.17, 15) is 4.39 Å². The highest BCUT2D eigenvalue weighted by Crippen LogP contribution is 2.27. The molecule has 1 aromatic heterocycles. The number of halogens is 1. The number of nitrogens with two attached hydrogens (primary N) is 1. The number of para-hydroxylation sites is 1. The van der Waals surface area contributed by atoms with E-state index in [1.807, 2.05) is 30.3 Å². The molecule has 2 aromatic carbocycles. The molecule has 0 aliphatic carbocycles. The maximum absolute atomic E-state index is 13.5. The minimum Gasteiger partial charge on any atom is -0.494 e. The Morgan fingerprint density at radius 1 is 1.10 bits per heavy atom. The summed E-state index contributed by atoms with van der Waals surface area (Å²) in [5.41, 5.74) is 8.28. The molecule has 5 heteroatoms. The molecule has 0 bridgehead atoms. The van der Waals surface area contributed by atoms with Crippen molar-refractivity contribution >= 4 is 5.82 Å². The molecular formula is C16H14FN3O. The van der Waals surface area contributed by atoms with E-state index in [1.54, 1.807) is 22.9 Å². The highest BCUT2D eigenvalue weighted by atomic mass is 19.1. The van der Waals surface area contributed by atoms with Gasteiger partial charge >= 0.3 is 0 Å². The standard InChI is InChI=1S/C16H14FN3O/c1-21-15-9-11(7-8-13(15)17)14-10-16(18)20(19-14)12-5-3-2-4-6-12/h2-10H,18H2,1H3. The molecule has 3 rings (SSSR count). The number of aromatic nitrogens is 2. The molecule has 0 atom stereocenters. The summed E-state index contributed by atoms with van der Waals surface area (Å²) in [4.78, 5) is 0. The van der Waals surface area contributed by atoms with E-state index in [0.29, 0.717) is 11.5 Å². The minimum atomic E-state index is -0.406. The number of hydrogen-bond acceptors (Lipinski definition) is 3. The predicted molar refractivity (Wildman–Crippen MR) is 79.9 cm³/mol. The molecule has 0 saturated heterocycles. The van der Waals surface area contributed by atoms with Crippen molar-refractivity contribution < 1.29 is 9.13 Å².